The van der Waals surface area contributed by atoms with Crippen molar-refractivity contribution in [3.05, 3.63) is 6.20 Å². The van der Waals surface area contributed by atoms with E-state index >= 15 is 0 Å². The van der Waals surface area contributed by atoms with Crippen molar-refractivity contribution in [3.63, 3.8) is 0 Å². The van der Waals surface area contributed by atoms with Crippen LogP contribution in [0, 0.1) is 5.92 Å². The highest BCUT2D eigenvalue weighted by Crippen LogP contribution is 2.18. The summed E-state index contributed by atoms with van der Waals surface area (Å²) < 4.78 is 0. The van der Waals surface area contributed by atoms with Gasteiger partial charge in [0.25, 0.3) is 0 Å². The average Bonchev–Trinajstić information content (AvgIpc) is 2.80. The van der Waals surface area contributed by atoms with Gasteiger partial charge in [-0.1, -0.05) is 18.7 Å². The second-order valence-electron chi connectivity index (χ2n) is 4.16. The number of hydrogen-bond donors (Lipinski definition) is 1. The normalized spacial score (nSPS) is 17.7. The fraction of sp³-hybridized carbons (Fsp3) is 0.700. The van der Waals surface area contributed by atoms with Crippen LogP contribution >= 0.6 is 11.8 Å². The second-order valence-corrected chi connectivity index (χ2v) is 5.16. The van der Waals surface area contributed by atoms with Gasteiger partial charge in [0.1, 0.15) is 5.03 Å². The molecule has 6 heteroatoms. The Labute approximate surface area is 99.0 Å². The van der Waals surface area contributed by atoms with Crippen molar-refractivity contribution >= 4 is 17.7 Å². The first-order valence-corrected chi connectivity index (χ1v) is 6.50. The van der Waals surface area contributed by atoms with E-state index in [2.05, 4.69) is 22.3 Å². The minimum absolute atomic E-state index is 0.208. The van der Waals surface area contributed by atoms with Crippen LogP contribution in [-0.4, -0.2) is 45.1 Å². The number of nitrogens with zero attached hydrogens (tertiary/aromatic N) is 3. The summed E-state index contributed by atoms with van der Waals surface area (Å²) in [5.74, 6) is 1.42. The second kappa shape index (κ2) is 5.34. The van der Waals surface area contributed by atoms with Crippen molar-refractivity contribution in [1.82, 2.24) is 20.3 Å². The monoisotopic (exact) mass is 240 g/mol. The van der Waals surface area contributed by atoms with Gasteiger partial charge >= 0.3 is 0 Å². The number of amides is 1. The molecule has 88 valence electrons. The van der Waals surface area contributed by atoms with Gasteiger partial charge in [-0.3, -0.25) is 4.79 Å². The lowest BCUT2D eigenvalue weighted by molar-refractivity contribution is -0.129. The third kappa shape index (κ3) is 2.98. The maximum absolute atomic E-state index is 11.8. The lowest BCUT2D eigenvalue weighted by atomic mass is 9.99. The van der Waals surface area contributed by atoms with Gasteiger partial charge in [-0.2, -0.15) is 10.3 Å². The zero-order valence-corrected chi connectivity index (χ0v) is 10.2. The van der Waals surface area contributed by atoms with E-state index in [0.29, 0.717) is 5.75 Å². The van der Waals surface area contributed by atoms with Crippen LogP contribution in [-0.2, 0) is 4.79 Å². The van der Waals surface area contributed by atoms with Crippen LogP contribution in [0.3, 0.4) is 0 Å². The Balaban J connectivity index is 1.75. The molecule has 2 rings (SSSR count). The van der Waals surface area contributed by atoms with E-state index in [0.717, 1.165) is 36.9 Å². The third-order valence-corrected chi connectivity index (χ3v) is 3.76. The van der Waals surface area contributed by atoms with Crippen molar-refractivity contribution in [1.29, 1.82) is 0 Å². The van der Waals surface area contributed by atoms with E-state index in [1.165, 1.54) is 11.8 Å². The molecular formula is C10H16N4OS. The summed E-state index contributed by atoms with van der Waals surface area (Å²) in [4.78, 5) is 13.8. The van der Waals surface area contributed by atoms with Crippen LogP contribution < -0.4 is 0 Å². The maximum Gasteiger partial charge on any atom is 0.232 e. The first-order valence-electron chi connectivity index (χ1n) is 5.52. The Morgan fingerprint density at radius 3 is 3.00 bits per heavy atom. The third-order valence-electron chi connectivity index (χ3n) is 2.87. The number of aromatic nitrogens is 3. The lowest BCUT2D eigenvalue weighted by Crippen LogP contribution is -2.38. The maximum atomic E-state index is 11.8. The Morgan fingerprint density at radius 1 is 1.62 bits per heavy atom. The SMILES string of the molecule is CC1CCN(C(=O)CSc2cn[nH]n2)CC1. The van der Waals surface area contributed by atoms with Gasteiger partial charge in [0.15, 0.2) is 0 Å². The summed E-state index contributed by atoms with van der Waals surface area (Å²) in [7, 11) is 0. The van der Waals surface area contributed by atoms with Crippen molar-refractivity contribution < 1.29 is 4.79 Å². The molecule has 0 aromatic carbocycles. The smallest absolute Gasteiger partial charge is 0.232 e. The molecule has 5 nitrogen and oxygen atoms in total. The molecule has 0 aliphatic carbocycles. The molecule has 0 atom stereocenters. The van der Waals surface area contributed by atoms with Crippen LogP contribution in [0.1, 0.15) is 19.8 Å². The average molecular weight is 240 g/mol. The van der Waals surface area contributed by atoms with E-state index in [4.69, 9.17) is 0 Å². The van der Waals surface area contributed by atoms with Gasteiger partial charge in [-0.25, -0.2) is 0 Å². The quantitative estimate of drug-likeness (QED) is 0.805. The van der Waals surface area contributed by atoms with Crippen molar-refractivity contribution in [2.75, 3.05) is 18.8 Å². The topological polar surface area (TPSA) is 61.9 Å². The number of likely N-dealkylation sites (tertiary alicyclic amines) is 1. The molecule has 1 aromatic rings. The summed E-state index contributed by atoms with van der Waals surface area (Å²) in [6.07, 6.45) is 3.89. The fourth-order valence-electron chi connectivity index (χ4n) is 1.75. The number of carbonyl (C=O) groups is 1. The molecule has 2 heterocycles. The van der Waals surface area contributed by atoms with E-state index in [9.17, 15) is 4.79 Å². The zero-order chi connectivity index (χ0) is 11.4. The Kier molecular flexibility index (Phi) is 3.82. The highest BCUT2D eigenvalue weighted by molar-refractivity contribution is 7.99. The first-order chi connectivity index (χ1) is 7.75. The first kappa shape index (κ1) is 11.4. The largest absolute Gasteiger partial charge is 0.342 e. The zero-order valence-electron chi connectivity index (χ0n) is 9.35. The molecule has 0 unspecified atom stereocenters. The number of carbonyl (C=O) groups excluding carboxylic acids is 1. The van der Waals surface area contributed by atoms with Gasteiger partial charge in [0.05, 0.1) is 11.9 Å². The molecule has 0 spiro atoms. The molecule has 0 bridgehead atoms. The number of hydrogen-bond acceptors (Lipinski definition) is 4. The standard InChI is InChI=1S/C10H16N4OS/c1-8-2-4-14(5-3-8)10(15)7-16-9-6-11-13-12-9/h6,8H,2-5,7H2,1H3,(H,11,12,13). The van der Waals surface area contributed by atoms with Crippen molar-refractivity contribution in [2.24, 2.45) is 5.92 Å². The summed E-state index contributed by atoms with van der Waals surface area (Å²) in [6.45, 7) is 4.05. The Morgan fingerprint density at radius 2 is 2.38 bits per heavy atom. The van der Waals surface area contributed by atoms with E-state index in [1.807, 2.05) is 4.90 Å². The fourth-order valence-corrected chi connectivity index (χ4v) is 2.43. The number of thioether (sulfide) groups is 1. The summed E-state index contributed by atoms with van der Waals surface area (Å²) >= 11 is 1.43. The van der Waals surface area contributed by atoms with Crippen LogP contribution in [0.5, 0.6) is 0 Å². The molecule has 1 amide bonds. The van der Waals surface area contributed by atoms with Crippen molar-refractivity contribution in [2.45, 2.75) is 24.8 Å². The molecule has 0 radical (unpaired) electrons. The Hall–Kier alpha value is -1.04. The number of rotatable bonds is 3. The highest BCUT2D eigenvalue weighted by Gasteiger charge is 2.20. The minimum Gasteiger partial charge on any atom is -0.342 e. The molecule has 0 saturated carbocycles. The molecule has 1 saturated heterocycles. The van der Waals surface area contributed by atoms with E-state index in [-0.39, 0.29) is 5.91 Å². The summed E-state index contributed by atoms with van der Waals surface area (Å²) in [6, 6.07) is 0. The van der Waals surface area contributed by atoms with Crippen LogP contribution in [0.2, 0.25) is 0 Å². The predicted octanol–water partition coefficient (Wildman–Crippen LogP) is 1.16. The number of piperidine rings is 1. The Bertz CT molecular complexity index is 333. The van der Waals surface area contributed by atoms with E-state index < -0.39 is 0 Å². The predicted molar refractivity (Wildman–Crippen MR) is 62.1 cm³/mol. The highest BCUT2D eigenvalue weighted by atomic mass is 32.2. The van der Waals surface area contributed by atoms with Gasteiger partial charge in [-0.15, -0.1) is 5.10 Å². The molecule has 1 aliphatic rings. The van der Waals surface area contributed by atoms with Gasteiger partial charge < -0.3 is 4.90 Å². The molecule has 16 heavy (non-hydrogen) atoms. The molecule has 1 fully saturated rings. The van der Waals surface area contributed by atoms with E-state index in [1.54, 1.807) is 6.20 Å². The van der Waals surface area contributed by atoms with Gasteiger partial charge in [-0.05, 0) is 18.8 Å². The lowest BCUT2D eigenvalue weighted by Gasteiger charge is -2.30. The number of H-pyrrole nitrogens is 1. The molecule has 1 N–H and O–H groups in total. The summed E-state index contributed by atoms with van der Waals surface area (Å²) in [5.41, 5.74) is 0. The van der Waals surface area contributed by atoms with Crippen LogP contribution in [0.4, 0.5) is 0 Å². The molecule has 1 aliphatic heterocycles. The van der Waals surface area contributed by atoms with Crippen LogP contribution in [0.15, 0.2) is 11.2 Å². The van der Waals surface area contributed by atoms with Gasteiger partial charge in [0, 0.05) is 13.1 Å². The minimum atomic E-state index is 0.208. The summed E-state index contributed by atoms with van der Waals surface area (Å²) in [5, 5.41) is 10.9. The van der Waals surface area contributed by atoms with Crippen molar-refractivity contribution in [3.8, 4) is 0 Å². The molecular weight excluding hydrogens is 224 g/mol. The molecule has 1 aromatic heterocycles. The number of nitrogens with one attached hydrogen (secondary N) is 1. The van der Waals surface area contributed by atoms with Gasteiger partial charge in [0.2, 0.25) is 5.91 Å². The number of aromatic amines is 1. The van der Waals surface area contributed by atoms with Crippen LogP contribution in [0.25, 0.3) is 0 Å².